The third-order valence-electron chi connectivity index (χ3n) is 3.72. The van der Waals surface area contributed by atoms with E-state index in [9.17, 15) is 20.4 Å². The van der Waals surface area contributed by atoms with Crippen LogP contribution in [-0.2, 0) is 0 Å². The molecule has 1 unspecified atom stereocenters. The number of thioether (sulfide) groups is 1. The zero-order chi connectivity index (χ0) is 16.7. The lowest BCUT2D eigenvalue weighted by molar-refractivity contribution is -0.0253. The van der Waals surface area contributed by atoms with Crippen LogP contribution in [-0.4, -0.2) is 75.6 Å². The fourth-order valence-corrected chi connectivity index (χ4v) is 3.24. The number of hydrogen-bond donors (Lipinski definition) is 5. The first kappa shape index (κ1) is 16.3. The van der Waals surface area contributed by atoms with E-state index in [-0.39, 0.29) is 17.8 Å². The fourth-order valence-electron chi connectivity index (χ4n) is 2.54. The van der Waals surface area contributed by atoms with Crippen LogP contribution >= 0.6 is 11.8 Å². The molecular weight excluding hydrogens is 324 g/mol. The lowest BCUT2D eigenvalue weighted by Crippen LogP contribution is -2.31. The van der Waals surface area contributed by atoms with Crippen molar-refractivity contribution in [2.45, 2.75) is 49.0 Å². The third kappa shape index (κ3) is 2.97. The molecule has 2 heterocycles. The highest BCUT2D eigenvalue weighted by Gasteiger charge is 2.43. The highest BCUT2D eigenvalue weighted by molar-refractivity contribution is 7.99. The van der Waals surface area contributed by atoms with Gasteiger partial charge in [-0.15, -0.1) is 5.10 Å². The van der Waals surface area contributed by atoms with Gasteiger partial charge in [0.2, 0.25) is 0 Å². The lowest BCUT2D eigenvalue weighted by Gasteiger charge is -2.16. The second kappa shape index (κ2) is 6.17. The molecule has 1 saturated carbocycles. The molecule has 2 aromatic heterocycles. The van der Waals surface area contributed by atoms with Gasteiger partial charge >= 0.3 is 0 Å². The Hall–Kier alpha value is -1.53. The van der Waals surface area contributed by atoms with Gasteiger partial charge in [0.1, 0.15) is 12.2 Å². The summed E-state index contributed by atoms with van der Waals surface area (Å²) in [5.74, 6) is 0.540. The SMILES string of the molecule is CC(O)CSc1nc(N)c2nnn([C@@H]3C[C@H](O)[C@@H](O)[C@H]3O)c2n1. The van der Waals surface area contributed by atoms with Crippen molar-refractivity contribution >= 4 is 28.7 Å². The Labute approximate surface area is 135 Å². The van der Waals surface area contributed by atoms with Crippen LogP contribution in [0.25, 0.3) is 11.2 Å². The molecule has 0 aromatic carbocycles. The van der Waals surface area contributed by atoms with Crippen LogP contribution in [0, 0.1) is 0 Å². The molecule has 1 aliphatic carbocycles. The molecule has 1 fully saturated rings. The molecule has 2 aromatic rings. The van der Waals surface area contributed by atoms with Crippen LogP contribution in [0.15, 0.2) is 5.16 Å². The first-order chi connectivity index (χ1) is 10.9. The Kier molecular flexibility index (Phi) is 4.38. The first-order valence-electron chi connectivity index (χ1n) is 7.12. The maximum Gasteiger partial charge on any atom is 0.191 e. The van der Waals surface area contributed by atoms with Gasteiger partial charge in [-0.2, -0.15) is 0 Å². The van der Waals surface area contributed by atoms with Gasteiger partial charge < -0.3 is 26.2 Å². The monoisotopic (exact) mass is 342 g/mol. The van der Waals surface area contributed by atoms with Crippen LogP contribution in [0.5, 0.6) is 0 Å². The minimum atomic E-state index is -1.25. The maximum absolute atomic E-state index is 10.1. The molecule has 0 radical (unpaired) electrons. The molecule has 0 spiro atoms. The third-order valence-corrected chi connectivity index (χ3v) is 4.81. The molecule has 126 valence electrons. The highest BCUT2D eigenvalue weighted by Crippen LogP contribution is 2.33. The predicted molar refractivity (Wildman–Crippen MR) is 81.6 cm³/mol. The van der Waals surface area contributed by atoms with Crippen molar-refractivity contribution in [3.05, 3.63) is 0 Å². The second-order valence-corrected chi connectivity index (χ2v) is 6.60. The van der Waals surface area contributed by atoms with Gasteiger partial charge in [-0.25, -0.2) is 14.6 Å². The smallest absolute Gasteiger partial charge is 0.191 e. The van der Waals surface area contributed by atoms with Gasteiger partial charge in [0.15, 0.2) is 22.1 Å². The van der Waals surface area contributed by atoms with E-state index < -0.39 is 30.5 Å². The van der Waals surface area contributed by atoms with E-state index in [1.54, 1.807) is 6.92 Å². The summed E-state index contributed by atoms with van der Waals surface area (Å²) >= 11 is 1.23. The number of fused-ring (bicyclic) bond motifs is 1. The zero-order valence-electron chi connectivity index (χ0n) is 12.3. The van der Waals surface area contributed by atoms with Gasteiger partial charge in [-0.05, 0) is 6.92 Å². The molecule has 0 bridgehead atoms. The van der Waals surface area contributed by atoms with Crippen molar-refractivity contribution in [3.8, 4) is 0 Å². The molecule has 10 nitrogen and oxygen atoms in total. The summed E-state index contributed by atoms with van der Waals surface area (Å²) < 4.78 is 1.35. The minimum absolute atomic E-state index is 0.126. The second-order valence-electron chi connectivity index (χ2n) is 5.61. The molecule has 5 atom stereocenters. The largest absolute Gasteiger partial charge is 0.393 e. The number of aromatic nitrogens is 5. The summed E-state index contributed by atoms with van der Waals surface area (Å²) in [6.45, 7) is 1.65. The summed E-state index contributed by atoms with van der Waals surface area (Å²) in [5.41, 5.74) is 6.46. The zero-order valence-corrected chi connectivity index (χ0v) is 13.1. The van der Waals surface area contributed by atoms with Gasteiger partial charge in [-0.1, -0.05) is 17.0 Å². The number of rotatable bonds is 4. The molecule has 0 saturated heterocycles. The molecule has 11 heteroatoms. The van der Waals surface area contributed by atoms with Crippen LogP contribution in [0.2, 0.25) is 0 Å². The number of nitrogens with zero attached hydrogens (tertiary/aromatic N) is 5. The summed E-state index contributed by atoms with van der Waals surface area (Å²) in [6, 6.07) is -0.658. The minimum Gasteiger partial charge on any atom is -0.393 e. The van der Waals surface area contributed by atoms with E-state index >= 15 is 0 Å². The Morgan fingerprint density at radius 2 is 2.04 bits per heavy atom. The Bertz CT molecular complexity index is 710. The van der Waals surface area contributed by atoms with Crippen LogP contribution < -0.4 is 5.73 Å². The summed E-state index contributed by atoms with van der Waals surface area (Å²) in [7, 11) is 0. The quantitative estimate of drug-likeness (QED) is 0.320. The standard InChI is InChI=1S/C12H18N6O4S/c1-4(19)3-23-12-14-10(13)7-11(15-12)18(17-16-7)5-2-6(20)9(22)8(5)21/h4-6,8-9,19-22H,2-3H2,1H3,(H2,13,14,15)/t4?,5-,6+,8+,9-/m1/s1. The molecule has 0 amide bonds. The van der Waals surface area contributed by atoms with Crippen LogP contribution in [0.4, 0.5) is 5.82 Å². The number of nitrogens with two attached hydrogens (primary N) is 1. The number of anilines is 1. The molecule has 23 heavy (non-hydrogen) atoms. The maximum atomic E-state index is 10.1. The van der Waals surface area contributed by atoms with Crippen LogP contribution in [0.1, 0.15) is 19.4 Å². The number of aliphatic hydroxyl groups is 4. The number of nitrogen functional groups attached to an aromatic ring is 1. The van der Waals surface area contributed by atoms with E-state index in [4.69, 9.17) is 5.73 Å². The number of hydrogen-bond acceptors (Lipinski definition) is 10. The summed E-state index contributed by atoms with van der Waals surface area (Å²) in [5, 5.41) is 47.0. The fraction of sp³-hybridized carbons (Fsp3) is 0.667. The highest BCUT2D eigenvalue weighted by atomic mass is 32.2. The van der Waals surface area contributed by atoms with Crippen molar-refractivity contribution in [1.29, 1.82) is 0 Å². The summed E-state index contributed by atoms with van der Waals surface area (Å²) in [6.07, 6.45) is -3.87. The summed E-state index contributed by atoms with van der Waals surface area (Å²) in [4.78, 5) is 8.42. The molecule has 3 rings (SSSR count). The molecule has 6 N–H and O–H groups in total. The molecule has 1 aliphatic rings. The topological polar surface area (TPSA) is 163 Å². The Morgan fingerprint density at radius 1 is 1.30 bits per heavy atom. The lowest BCUT2D eigenvalue weighted by atomic mass is 10.2. The van der Waals surface area contributed by atoms with Gasteiger partial charge in [-0.3, -0.25) is 0 Å². The number of aliphatic hydroxyl groups excluding tert-OH is 4. The Morgan fingerprint density at radius 3 is 2.65 bits per heavy atom. The van der Waals surface area contributed by atoms with Crippen molar-refractivity contribution in [2.24, 2.45) is 0 Å². The normalized spacial score (nSPS) is 29.3. The van der Waals surface area contributed by atoms with Crippen molar-refractivity contribution in [2.75, 3.05) is 11.5 Å². The van der Waals surface area contributed by atoms with Crippen molar-refractivity contribution in [3.63, 3.8) is 0 Å². The van der Waals surface area contributed by atoms with E-state index in [2.05, 4.69) is 20.3 Å². The Balaban J connectivity index is 1.98. The molecule has 0 aliphatic heterocycles. The van der Waals surface area contributed by atoms with Crippen molar-refractivity contribution < 1.29 is 20.4 Å². The van der Waals surface area contributed by atoms with Gasteiger partial charge in [0, 0.05) is 12.2 Å². The van der Waals surface area contributed by atoms with Gasteiger partial charge in [0.25, 0.3) is 0 Å². The van der Waals surface area contributed by atoms with Gasteiger partial charge in [0.05, 0.1) is 18.2 Å². The van der Waals surface area contributed by atoms with E-state index in [1.807, 2.05) is 0 Å². The average Bonchev–Trinajstić information content (AvgIpc) is 3.02. The van der Waals surface area contributed by atoms with Crippen molar-refractivity contribution in [1.82, 2.24) is 25.0 Å². The van der Waals surface area contributed by atoms with E-state index in [0.717, 1.165) is 0 Å². The van der Waals surface area contributed by atoms with E-state index in [1.165, 1.54) is 16.4 Å². The molecular formula is C12H18N6O4S. The van der Waals surface area contributed by atoms with E-state index in [0.29, 0.717) is 16.6 Å². The van der Waals surface area contributed by atoms with Crippen LogP contribution in [0.3, 0.4) is 0 Å². The average molecular weight is 342 g/mol. The first-order valence-corrected chi connectivity index (χ1v) is 8.10. The predicted octanol–water partition coefficient (Wildman–Crippen LogP) is -1.70.